The van der Waals surface area contributed by atoms with Gasteiger partial charge in [0.15, 0.2) is 0 Å². The summed E-state index contributed by atoms with van der Waals surface area (Å²) >= 11 is 0. The van der Waals surface area contributed by atoms with Gasteiger partial charge in [0.25, 0.3) is 0 Å². The van der Waals surface area contributed by atoms with Gasteiger partial charge in [-0.25, -0.2) is 0 Å². The predicted molar refractivity (Wildman–Crippen MR) is 101 cm³/mol. The van der Waals surface area contributed by atoms with Crippen molar-refractivity contribution in [2.45, 2.75) is 6.04 Å². The van der Waals surface area contributed by atoms with Crippen molar-refractivity contribution in [3.05, 3.63) is 72.6 Å². The van der Waals surface area contributed by atoms with E-state index in [0.717, 1.165) is 31.9 Å². The number of hydrogen-bond donors (Lipinski definition) is 1. The summed E-state index contributed by atoms with van der Waals surface area (Å²) < 4.78 is 6.13. The molecule has 1 aliphatic rings. The Morgan fingerprint density at radius 3 is 2.92 bits per heavy atom. The van der Waals surface area contributed by atoms with Crippen molar-refractivity contribution in [2.75, 3.05) is 32.8 Å². The van der Waals surface area contributed by atoms with Crippen molar-refractivity contribution < 1.29 is 4.74 Å². The molecule has 1 aliphatic heterocycles. The van der Waals surface area contributed by atoms with E-state index in [1.54, 1.807) is 0 Å². The van der Waals surface area contributed by atoms with Gasteiger partial charge in [-0.3, -0.25) is 9.88 Å². The van der Waals surface area contributed by atoms with Gasteiger partial charge >= 0.3 is 0 Å². The third-order valence-corrected chi connectivity index (χ3v) is 4.81. The molecule has 1 fully saturated rings. The topological polar surface area (TPSA) is 37.4 Å². The molecule has 0 radical (unpaired) electrons. The zero-order chi connectivity index (χ0) is 16.9. The highest BCUT2D eigenvalue weighted by molar-refractivity contribution is 5.88. The molecule has 0 aliphatic carbocycles. The molecule has 0 spiro atoms. The average Bonchev–Trinajstić information content (AvgIpc) is 2.69. The van der Waals surface area contributed by atoms with Gasteiger partial charge in [0.05, 0.1) is 0 Å². The van der Waals surface area contributed by atoms with Gasteiger partial charge in [-0.1, -0.05) is 42.5 Å². The quantitative estimate of drug-likeness (QED) is 0.778. The number of rotatable bonds is 5. The summed E-state index contributed by atoms with van der Waals surface area (Å²) in [6.45, 7) is 4.60. The van der Waals surface area contributed by atoms with E-state index in [0.29, 0.717) is 12.6 Å². The Bertz CT molecular complexity index is 816. The van der Waals surface area contributed by atoms with E-state index in [1.165, 1.54) is 16.3 Å². The van der Waals surface area contributed by atoms with E-state index in [1.807, 2.05) is 18.5 Å². The standard InChI is InChI=1S/C21H23N3O/c1-2-8-19-17(5-1)6-3-9-21(19)25-14-13-24-12-11-23-16-20(24)18-7-4-10-22-15-18/h1-10,15,20,23H,11-14,16H2. The lowest BCUT2D eigenvalue weighted by Crippen LogP contribution is -2.47. The Morgan fingerprint density at radius 2 is 2.00 bits per heavy atom. The first kappa shape index (κ1) is 16.1. The van der Waals surface area contributed by atoms with Crippen LogP contribution in [0.5, 0.6) is 5.75 Å². The van der Waals surface area contributed by atoms with Crippen molar-refractivity contribution >= 4 is 10.8 Å². The van der Waals surface area contributed by atoms with E-state index in [2.05, 4.69) is 63.7 Å². The molecule has 0 bridgehead atoms. The second-order valence-corrected chi connectivity index (χ2v) is 6.37. The number of nitrogens with one attached hydrogen (secondary N) is 1. The Labute approximate surface area is 148 Å². The number of aromatic nitrogens is 1. The summed E-state index contributed by atoms with van der Waals surface area (Å²) in [6.07, 6.45) is 3.80. The SMILES string of the molecule is c1cncc(C2CNCCN2CCOc2cccc3ccccc23)c1. The molecule has 1 N–H and O–H groups in total. The molecule has 1 unspecified atom stereocenters. The highest BCUT2D eigenvalue weighted by atomic mass is 16.5. The van der Waals surface area contributed by atoms with Crippen LogP contribution in [-0.2, 0) is 0 Å². The Balaban J connectivity index is 1.43. The maximum absolute atomic E-state index is 6.13. The lowest BCUT2D eigenvalue weighted by Gasteiger charge is -2.36. The highest BCUT2D eigenvalue weighted by Crippen LogP contribution is 2.26. The number of pyridine rings is 1. The van der Waals surface area contributed by atoms with Crippen molar-refractivity contribution in [1.29, 1.82) is 0 Å². The summed E-state index contributed by atoms with van der Waals surface area (Å²) in [4.78, 5) is 6.76. The summed E-state index contributed by atoms with van der Waals surface area (Å²) in [7, 11) is 0. The molecular weight excluding hydrogens is 310 g/mol. The van der Waals surface area contributed by atoms with E-state index in [-0.39, 0.29) is 0 Å². The molecule has 4 rings (SSSR count). The Hall–Kier alpha value is -2.43. The summed E-state index contributed by atoms with van der Waals surface area (Å²) in [5, 5.41) is 5.88. The molecule has 1 aromatic heterocycles. The predicted octanol–water partition coefficient (Wildman–Crippen LogP) is 3.26. The van der Waals surface area contributed by atoms with Gasteiger partial charge in [-0.2, -0.15) is 0 Å². The highest BCUT2D eigenvalue weighted by Gasteiger charge is 2.23. The van der Waals surface area contributed by atoms with Crippen LogP contribution in [0, 0.1) is 0 Å². The van der Waals surface area contributed by atoms with Crippen LogP contribution in [0.1, 0.15) is 11.6 Å². The minimum absolute atomic E-state index is 0.360. The number of benzene rings is 2. The fourth-order valence-corrected chi connectivity index (χ4v) is 3.51. The van der Waals surface area contributed by atoms with E-state index < -0.39 is 0 Å². The van der Waals surface area contributed by atoms with Crippen LogP contribution in [0.25, 0.3) is 10.8 Å². The number of nitrogens with zero attached hydrogens (tertiary/aromatic N) is 2. The maximum Gasteiger partial charge on any atom is 0.127 e. The van der Waals surface area contributed by atoms with E-state index in [9.17, 15) is 0 Å². The maximum atomic E-state index is 6.13. The normalized spacial score (nSPS) is 18.3. The second kappa shape index (κ2) is 7.64. The summed E-state index contributed by atoms with van der Waals surface area (Å²) in [5.41, 5.74) is 1.26. The molecule has 1 atom stereocenters. The van der Waals surface area contributed by atoms with Crippen molar-refractivity contribution in [2.24, 2.45) is 0 Å². The van der Waals surface area contributed by atoms with Gasteiger partial charge in [0, 0.05) is 50.0 Å². The molecule has 4 heteroatoms. The van der Waals surface area contributed by atoms with Gasteiger partial charge < -0.3 is 10.1 Å². The molecular formula is C21H23N3O. The van der Waals surface area contributed by atoms with Crippen LogP contribution < -0.4 is 10.1 Å². The van der Waals surface area contributed by atoms with Gasteiger partial charge in [0.2, 0.25) is 0 Å². The third kappa shape index (κ3) is 3.65. The van der Waals surface area contributed by atoms with Crippen LogP contribution in [0.4, 0.5) is 0 Å². The molecule has 4 nitrogen and oxygen atoms in total. The molecule has 1 saturated heterocycles. The van der Waals surface area contributed by atoms with Gasteiger partial charge in [-0.15, -0.1) is 0 Å². The summed E-state index contributed by atoms with van der Waals surface area (Å²) in [5.74, 6) is 0.964. The molecule has 128 valence electrons. The van der Waals surface area contributed by atoms with Crippen LogP contribution in [0.3, 0.4) is 0 Å². The number of ether oxygens (including phenoxy) is 1. The average molecular weight is 333 g/mol. The Morgan fingerprint density at radius 1 is 1.08 bits per heavy atom. The fraction of sp³-hybridized carbons (Fsp3) is 0.286. The smallest absolute Gasteiger partial charge is 0.127 e. The van der Waals surface area contributed by atoms with E-state index in [4.69, 9.17) is 4.74 Å². The molecule has 0 saturated carbocycles. The lowest BCUT2D eigenvalue weighted by atomic mass is 10.1. The monoisotopic (exact) mass is 333 g/mol. The van der Waals surface area contributed by atoms with Crippen LogP contribution >= 0.6 is 0 Å². The van der Waals surface area contributed by atoms with Crippen LogP contribution in [0.15, 0.2) is 67.0 Å². The molecule has 0 amide bonds. The molecule has 25 heavy (non-hydrogen) atoms. The minimum Gasteiger partial charge on any atom is -0.492 e. The second-order valence-electron chi connectivity index (χ2n) is 6.37. The van der Waals surface area contributed by atoms with Crippen LogP contribution in [0.2, 0.25) is 0 Å². The van der Waals surface area contributed by atoms with Crippen LogP contribution in [-0.4, -0.2) is 42.7 Å². The first-order valence-electron chi connectivity index (χ1n) is 8.87. The van der Waals surface area contributed by atoms with Gasteiger partial charge in [0.1, 0.15) is 12.4 Å². The zero-order valence-corrected chi connectivity index (χ0v) is 14.3. The molecule has 2 aromatic carbocycles. The third-order valence-electron chi connectivity index (χ3n) is 4.81. The summed E-state index contributed by atoms with van der Waals surface area (Å²) in [6, 6.07) is 19.1. The molecule has 3 aromatic rings. The number of hydrogen-bond acceptors (Lipinski definition) is 4. The first-order chi connectivity index (χ1) is 12.4. The zero-order valence-electron chi connectivity index (χ0n) is 14.3. The number of fused-ring (bicyclic) bond motifs is 1. The fourth-order valence-electron chi connectivity index (χ4n) is 3.51. The van der Waals surface area contributed by atoms with Crippen molar-refractivity contribution in [3.8, 4) is 5.75 Å². The minimum atomic E-state index is 0.360. The molecule has 2 heterocycles. The van der Waals surface area contributed by atoms with Crippen molar-refractivity contribution in [1.82, 2.24) is 15.2 Å². The lowest BCUT2D eigenvalue weighted by molar-refractivity contribution is 0.134. The van der Waals surface area contributed by atoms with Gasteiger partial charge in [-0.05, 0) is 23.1 Å². The first-order valence-corrected chi connectivity index (χ1v) is 8.87. The Kier molecular flexibility index (Phi) is 4.91. The number of piperazine rings is 1. The van der Waals surface area contributed by atoms with E-state index >= 15 is 0 Å². The van der Waals surface area contributed by atoms with Crippen molar-refractivity contribution in [3.63, 3.8) is 0 Å². The largest absolute Gasteiger partial charge is 0.492 e.